The van der Waals surface area contributed by atoms with Crippen LogP contribution in [0.3, 0.4) is 0 Å². The Bertz CT molecular complexity index is 1050. The second kappa shape index (κ2) is 12.5. The van der Waals surface area contributed by atoms with Crippen LogP contribution in [0.4, 0.5) is 0 Å². The second-order valence-electron chi connectivity index (χ2n) is 11.6. The Hall–Kier alpha value is -2.53. The van der Waals surface area contributed by atoms with Gasteiger partial charge in [-0.25, -0.2) is 0 Å². The Morgan fingerprint density at radius 1 is 1.02 bits per heavy atom. The first-order valence-electron chi connectivity index (χ1n) is 15.0. The molecule has 4 aliphatic heterocycles. The number of hydrogen-bond donors (Lipinski definition) is 3. The minimum absolute atomic E-state index is 0.0950. The second-order valence-corrected chi connectivity index (χ2v) is 11.6. The Balaban J connectivity index is 1.36. The Morgan fingerprint density at radius 3 is 2.52 bits per heavy atom. The van der Waals surface area contributed by atoms with Gasteiger partial charge in [-0.1, -0.05) is 37.3 Å². The predicted molar refractivity (Wildman–Crippen MR) is 148 cm³/mol. The Kier molecular flexibility index (Phi) is 9.09. The highest BCUT2D eigenvalue weighted by Crippen LogP contribution is 2.64. The van der Waals surface area contributed by atoms with Crippen molar-refractivity contribution in [1.82, 2.24) is 20.4 Å². The van der Waals surface area contributed by atoms with Crippen LogP contribution in [0.2, 0.25) is 0 Å². The number of likely N-dealkylation sites (tertiary alicyclic amines) is 1. The molecule has 0 aliphatic carbocycles. The van der Waals surface area contributed by atoms with E-state index in [4.69, 9.17) is 9.47 Å². The molecule has 40 heavy (non-hydrogen) atoms. The third-order valence-corrected chi connectivity index (χ3v) is 9.41. The van der Waals surface area contributed by atoms with E-state index >= 15 is 0 Å². The molecule has 5 atom stereocenters. The molecule has 1 aromatic rings. The molecule has 0 radical (unpaired) electrons. The average molecular weight is 557 g/mol. The van der Waals surface area contributed by atoms with Crippen molar-refractivity contribution in [1.29, 1.82) is 0 Å². The lowest BCUT2D eigenvalue weighted by Crippen LogP contribution is -2.56. The van der Waals surface area contributed by atoms with Gasteiger partial charge in [0.15, 0.2) is 0 Å². The van der Waals surface area contributed by atoms with Crippen LogP contribution in [-0.2, 0) is 30.4 Å². The summed E-state index contributed by atoms with van der Waals surface area (Å²) in [6.45, 7) is 7.13. The summed E-state index contributed by atoms with van der Waals surface area (Å²) in [5.41, 5.74) is -0.779. The molecule has 0 aromatic heterocycles. The van der Waals surface area contributed by atoms with Crippen LogP contribution in [0.15, 0.2) is 30.3 Å². The Morgan fingerprint density at radius 2 is 1.80 bits per heavy atom. The molecule has 10 heteroatoms. The number of aliphatic hydroxyl groups excluding tert-OH is 1. The van der Waals surface area contributed by atoms with Crippen molar-refractivity contribution >= 4 is 17.7 Å². The number of unbranched alkanes of at least 4 members (excludes halogenated alkanes) is 2. The molecular weight excluding hydrogens is 512 g/mol. The number of hydrogen-bond acceptors (Lipinski definition) is 7. The molecule has 2 bridgehead atoms. The van der Waals surface area contributed by atoms with Gasteiger partial charge in [0.25, 0.3) is 0 Å². The fraction of sp³-hybridized carbons (Fsp3) is 0.700. The van der Waals surface area contributed by atoms with E-state index in [1.54, 1.807) is 4.90 Å². The first-order valence-corrected chi connectivity index (χ1v) is 15.0. The predicted octanol–water partition coefficient (Wildman–Crippen LogP) is 1.07. The maximum atomic E-state index is 14.1. The third-order valence-electron chi connectivity index (χ3n) is 9.41. The van der Waals surface area contributed by atoms with Crippen LogP contribution in [0, 0.1) is 11.8 Å². The van der Waals surface area contributed by atoms with Gasteiger partial charge in [-0.05, 0) is 44.1 Å². The largest absolute Gasteiger partial charge is 0.396 e. The summed E-state index contributed by atoms with van der Waals surface area (Å²) in [6, 6.07) is 8.94. The lowest BCUT2D eigenvalue weighted by atomic mass is 9.65. The van der Waals surface area contributed by atoms with E-state index in [2.05, 4.69) is 15.5 Å². The zero-order valence-corrected chi connectivity index (χ0v) is 23.6. The molecule has 3 amide bonds. The van der Waals surface area contributed by atoms with Gasteiger partial charge in [0.05, 0.1) is 30.7 Å². The molecule has 4 heterocycles. The lowest BCUT2D eigenvalue weighted by molar-refractivity contribution is -0.147. The molecule has 2 unspecified atom stereocenters. The van der Waals surface area contributed by atoms with Crippen LogP contribution in [-0.4, -0.2) is 102 Å². The van der Waals surface area contributed by atoms with E-state index in [-0.39, 0.29) is 24.3 Å². The van der Waals surface area contributed by atoms with Crippen molar-refractivity contribution in [2.75, 3.05) is 52.5 Å². The van der Waals surface area contributed by atoms with Gasteiger partial charge in [0.1, 0.15) is 11.6 Å². The first kappa shape index (κ1) is 29.0. The van der Waals surface area contributed by atoms with E-state index in [1.807, 2.05) is 37.3 Å². The van der Waals surface area contributed by atoms with Crippen LogP contribution >= 0.6 is 0 Å². The third kappa shape index (κ3) is 5.38. The maximum Gasteiger partial charge on any atom is 0.245 e. The molecule has 4 aliphatic rings. The van der Waals surface area contributed by atoms with Crippen molar-refractivity contribution in [3.63, 3.8) is 0 Å². The highest BCUT2D eigenvalue weighted by molar-refractivity contribution is 5.99. The summed E-state index contributed by atoms with van der Waals surface area (Å²) in [7, 11) is 0. The van der Waals surface area contributed by atoms with Gasteiger partial charge in [-0.2, -0.15) is 0 Å². The summed E-state index contributed by atoms with van der Waals surface area (Å²) in [6.07, 6.45) is 3.90. The minimum Gasteiger partial charge on any atom is -0.396 e. The number of carbonyl (C=O) groups is 3. The number of aliphatic hydroxyl groups is 1. The van der Waals surface area contributed by atoms with Crippen molar-refractivity contribution in [3.8, 4) is 0 Å². The summed E-state index contributed by atoms with van der Waals surface area (Å²) < 4.78 is 12.2. The average Bonchev–Trinajstić information content (AvgIpc) is 3.58. The molecule has 3 N–H and O–H groups in total. The molecular formula is C30H44N4O6. The standard InChI is InChI=1S/C30H44N4O6/c1-2-29-11-12-30(40-29)24(23(29)26(36)32-21-22-9-5-3-6-10-22)28(38)34(14-7-4-8-18-35)25(30)27(37)31-13-15-33-16-19-39-20-17-33/h3,5-6,9-10,23-25,35H,2,4,7-8,11-21H2,1H3,(H,31,37)(H,32,36)/t23-,24+,25?,29+,30?/m1/s1. The zero-order chi connectivity index (χ0) is 28.2. The van der Waals surface area contributed by atoms with E-state index in [1.165, 1.54) is 0 Å². The quantitative estimate of drug-likeness (QED) is 0.311. The van der Waals surface area contributed by atoms with Gasteiger partial charge in [0.2, 0.25) is 17.7 Å². The van der Waals surface area contributed by atoms with Gasteiger partial charge in [-0.15, -0.1) is 0 Å². The minimum atomic E-state index is -1.01. The smallest absolute Gasteiger partial charge is 0.245 e. The van der Waals surface area contributed by atoms with Crippen LogP contribution in [0.1, 0.15) is 51.0 Å². The topological polar surface area (TPSA) is 120 Å². The first-order chi connectivity index (χ1) is 19.5. The van der Waals surface area contributed by atoms with Gasteiger partial charge in [-0.3, -0.25) is 19.3 Å². The monoisotopic (exact) mass is 556 g/mol. The van der Waals surface area contributed by atoms with Crippen molar-refractivity contribution in [2.24, 2.45) is 11.8 Å². The van der Waals surface area contributed by atoms with Crippen molar-refractivity contribution in [2.45, 2.75) is 69.2 Å². The molecule has 4 saturated heterocycles. The fourth-order valence-corrected chi connectivity index (χ4v) is 7.38. The van der Waals surface area contributed by atoms with Crippen molar-refractivity contribution < 1.29 is 29.0 Å². The van der Waals surface area contributed by atoms with Crippen molar-refractivity contribution in [3.05, 3.63) is 35.9 Å². The van der Waals surface area contributed by atoms with Gasteiger partial charge in [0, 0.05) is 45.9 Å². The summed E-state index contributed by atoms with van der Waals surface area (Å²) >= 11 is 0. The van der Waals surface area contributed by atoms with Gasteiger partial charge >= 0.3 is 0 Å². The zero-order valence-electron chi connectivity index (χ0n) is 23.6. The number of rotatable bonds is 13. The number of morpholine rings is 1. The highest BCUT2D eigenvalue weighted by Gasteiger charge is 2.78. The molecule has 10 nitrogen and oxygen atoms in total. The number of nitrogens with zero attached hydrogens (tertiary/aromatic N) is 2. The number of benzene rings is 1. The van der Waals surface area contributed by atoms with E-state index in [9.17, 15) is 19.5 Å². The molecule has 220 valence electrons. The normalized spacial score (nSPS) is 31.4. The fourth-order valence-electron chi connectivity index (χ4n) is 7.38. The summed E-state index contributed by atoms with van der Waals surface area (Å²) in [5.74, 6) is -1.88. The van der Waals surface area contributed by atoms with E-state index < -0.39 is 29.1 Å². The van der Waals surface area contributed by atoms with E-state index in [0.29, 0.717) is 71.5 Å². The number of ether oxygens (including phenoxy) is 2. The number of nitrogens with one attached hydrogen (secondary N) is 2. The molecule has 1 aromatic carbocycles. The molecule has 1 spiro atoms. The Labute approximate surface area is 236 Å². The van der Waals surface area contributed by atoms with Gasteiger partial charge < -0.3 is 30.1 Å². The molecule has 0 saturated carbocycles. The molecule has 5 rings (SSSR count). The lowest BCUT2D eigenvalue weighted by Gasteiger charge is -2.34. The summed E-state index contributed by atoms with van der Waals surface area (Å²) in [5, 5.41) is 15.4. The van der Waals surface area contributed by atoms with Crippen LogP contribution < -0.4 is 10.6 Å². The summed E-state index contributed by atoms with van der Waals surface area (Å²) in [4.78, 5) is 45.7. The number of carbonyl (C=O) groups excluding carboxylic acids is 3. The maximum absolute atomic E-state index is 14.1. The van der Waals surface area contributed by atoms with E-state index in [0.717, 1.165) is 25.1 Å². The number of fused-ring (bicyclic) bond motifs is 1. The molecule has 4 fully saturated rings. The van der Waals surface area contributed by atoms with Crippen LogP contribution in [0.25, 0.3) is 0 Å². The number of amides is 3. The van der Waals surface area contributed by atoms with Crippen LogP contribution in [0.5, 0.6) is 0 Å². The SMILES string of the molecule is CC[C@@]12CCC3(O1)C(C(=O)NCCN1CCOCC1)N(CCCCCO)C(=O)[C@@H]3[C@@H]2C(=O)NCc1ccccc1. The highest BCUT2D eigenvalue weighted by atomic mass is 16.5.